The molecular weight excluding hydrogens is 255 g/mol. The van der Waals surface area contributed by atoms with E-state index in [4.69, 9.17) is 10.8 Å². The van der Waals surface area contributed by atoms with E-state index in [1.807, 2.05) is 0 Å². The number of carboxylic acid groups (broad SMARTS) is 1. The molecular formula is C11H11N2O4P. The number of aliphatic carboxylic acids is 1. The second-order valence-corrected chi connectivity index (χ2v) is 4.81. The van der Waals surface area contributed by atoms with Gasteiger partial charge in [-0.25, -0.2) is 0 Å². The largest absolute Gasteiger partial charge is 0.573 e. The summed E-state index contributed by atoms with van der Waals surface area (Å²) in [6, 6.07) is 5.85. The predicted molar refractivity (Wildman–Crippen MR) is 64.3 cm³/mol. The first-order valence-electron chi connectivity index (χ1n) is 5.22. The van der Waals surface area contributed by atoms with E-state index >= 15 is 0 Å². The lowest BCUT2D eigenvalue weighted by molar-refractivity contribution is -0.166. The van der Waals surface area contributed by atoms with Crippen molar-refractivity contribution in [2.75, 3.05) is 0 Å². The molecule has 0 saturated carbocycles. The fourth-order valence-corrected chi connectivity index (χ4v) is 2.44. The molecule has 0 bridgehead atoms. The van der Waals surface area contributed by atoms with E-state index in [9.17, 15) is 14.3 Å². The number of carbonyl (C=O) groups is 1. The molecule has 2 aromatic rings. The van der Waals surface area contributed by atoms with Crippen molar-refractivity contribution in [3.8, 4) is 0 Å². The molecule has 2 rings (SSSR count). The number of hydrogen-bond donors (Lipinski definition) is 2. The van der Waals surface area contributed by atoms with Gasteiger partial charge >= 0.3 is 14.1 Å². The van der Waals surface area contributed by atoms with Crippen LogP contribution in [0.15, 0.2) is 30.5 Å². The molecule has 0 radical (unpaired) electrons. The minimum Gasteiger partial charge on any atom is -0.573 e. The van der Waals surface area contributed by atoms with Gasteiger partial charge in [-0.15, -0.1) is 4.34 Å². The van der Waals surface area contributed by atoms with E-state index in [0.29, 0.717) is 16.5 Å². The molecule has 0 saturated heterocycles. The van der Waals surface area contributed by atoms with Crippen LogP contribution in [0.5, 0.6) is 0 Å². The van der Waals surface area contributed by atoms with Gasteiger partial charge in [0.25, 0.3) is 0 Å². The molecule has 1 unspecified atom stereocenters. The highest BCUT2D eigenvalue weighted by atomic mass is 31.1. The summed E-state index contributed by atoms with van der Waals surface area (Å²) in [6.07, 6.45) is 1.51. The van der Waals surface area contributed by atoms with E-state index < -0.39 is 20.2 Å². The van der Waals surface area contributed by atoms with Crippen molar-refractivity contribution in [3.63, 3.8) is 0 Å². The smallest absolute Gasteiger partial charge is 0.444 e. The lowest BCUT2D eigenvalue weighted by atomic mass is 10.1. The molecule has 0 aliphatic carbocycles. The van der Waals surface area contributed by atoms with Crippen LogP contribution in [0, 0.1) is 0 Å². The van der Waals surface area contributed by atoms with E-state index in [0.717, 1.165) is 4.34 Å². The fourth-order valence-electron chi connectivity index (χ4n) is 1.85. The molecule has 18 heavy (non-hydrogen) atoms. The van der Waals surface area contributed by atoms with Crippen LogP contribution in [0.3, 0.4) is 0 Å². The fraction of sp³-hybridized carbons (Fsp3) is 0.182. The highest BCUT2D eigenvalue weighted by molar-refractivity contribution is 7.34. The van der Waals surface area contributed by atoms with Crippen LogP contribution in [-0.4, -0.2) is 21.5 Å². The van der Waals surface area contributed by atoms with Crippen LogP contribution in [0.4, 0.5) is 0 Å². The average Bonchev–Trinajstić information content (AvgIpc) is 2.68. The number of nitrogens with two attached hydrogens (primary N) is 1. The van der Waals surface area contributed by atoms with E-state index in [1.54, 1.807) is 24.3 Å². The number of carboxylic acids is 1. The average molecular weight is 266 g/mol. The summed E-state index contributed by atoms with van der Waals surface area (Å²) in [7, 11) is -2.79. The zero-order valence-corrected chi connectivity index (χ0v) is 10.2. The lowest BCUT2D eigenvalue weighted by Crippen LogP contribution is -2.32. The quantitative estimate of drug-likeness (QED) is 0.781. The number of aromatic nitrogens is 1. The summed E-state index contributed by atoms with van der Waals surface area (Å²) in [5.74, 6) is -1.11. The minimum atomic E-state index is -2.79. The predicted octanol–water partition coefficient (Wildman–Crippen LogP) is 0.461. The van der Waals surface area contributed by atoms with Crippen molar-refractivity contribution in [3.05, 3.63) is 36.0 Å². The van der Waals surface area contributed by atoms with Gasteiger partial charge < -0.3 is 15.7 Å². The molecule has 2 atom stereocenters. The van der Waals surface area contributed by atoms with Gasteiger partial charge in [-0.3, -0.25) is 4.79 Å². The van der Waals surface area contributed by atoms with Crippen LogP contribution < -0.4 is 10.6 Å². The third-order valence-electron chi connectivity index (χ3n) is 2.71. The van der Waals surface area contributed by atoms with Gasteiger partial charge in [0, 0.05) is 11.8 Å². The normalized spacial score (nSPS) is 13.6. The zero-order chi connectivity index (χ0) is 13.3. The van der Waals surface area contributed by atoms with Crippen molar-refractivity contribution < 1.29 is 19.4 Å². The Balaban J connectivity index is 2.51. The first-order valence-corrected chi connectivity index (χ1v) is 6.35. The third-order valence-corrected chi connectivity index (χ3v) is 3.39. The maximum absolute atomic E-state index is 11.1. The van der Waals surface area contributed by atoms with Gasteiger partial charge in [0.1, 0.15) is 6.04 Å². The Morgan fingerprint density at radius 1 is 1.50 bits per heavy atom. The molecule has 0 amide bonds. The molecule has 0 fully saturated rings. The SMILES string of the molecule is N[C@@H](Cc1cn([P+](=O)[O-])c2ccccc12)C(=O)O. The molecule has 1 aromatic carbocycles. The van der Waals surface area contributed by atoms with Gasteiger partial charge in [0.05, 0.1) is 11.7 Å². The first kappa shape index (κ1) is 12.7. The van der Waals surface area contributed by atoms with Gasteiger partial charge in [-0.1, -0.05) is 18.2 Å². The molecule has 6 nitrogen and oxygen atoms in total. The second-order valence-electron chi connectivity index (χ2n) is 3.90. The Hall–Kier alpha value is -1.75. The van der Waals surface area contributed by atoms with Gasteiger partial charge in [-0.05, 0) is 16.2 Å². The molecule has 0 spiro atoms. The minimum absolute atomic E-state index is 0.0893. The number of fused-ring (bicyclic) bond motifs is 1. The van der Waals surface area contributed by atoms with Crippen LogP contribution in [-0.2, 0) is 15.8 Å². The molecule has 3 N–H and O–H groups in total. The summed E-state index contributed by atoms with van der Waals surface area (Å²) < 4.78 is 12.2. The van der Waals surface area contributed by atoms with Crippen LogP contribution in [0.2, 0.25) is 0 Å². The Morgan fingerprint density at radius 3 is 2.78 bits per heavy atom. The van der Waals surface area contributed by atoms with Crippen molar-refractivity contribution >= 4 is 25.1 Å². The first-order chi connectivity index (χ1) is 8.50. The number of benzene rings is 1. The number of rotatable bonds is 4. The highest BCUT2D eigenvalue weighted by Crippen LogP contribution is 2.28. The summed E-state index contributed by atoms with van der Waals surface area (Å²) in [5.41, 5.74) is 6.60. The lowest BCUT2D eigenvalue weighted by Gasteiger charge is -2.04. The van der Waals surface area contributed by atoms with Gasteiger partial charge in [-0.2, -0.15) is 0 Å². The number of hydrogen-bond acceptors (Lipinski definition) is 4. The maximum Gasteiger partial charge on any atom is 0.444 e. The van der Waals surface area contributed by atoms with Crippen LogP contribution >= 0.6 is 8.18 Å². The Morgan fingerprint density at radius 2 is 2.17 bits per heavy atom. The molecule has 1 heterocycles. The summed E-state index contributed by atoms with van der Waals surface area (Å²) in [6.45, 7) is 0. The van der Waals surface area contributed by atoms with Crippen molar-refractivity contribution in [2.45, 2.75) is 12.5 Å². The van der Waals surface area contributed by atoms with E-state index in [2.05, 4.69) is 0 Å². The molecule has 1 aromatic heterocycles. The Labute approximate surface area is 104 Å². The number of nitrogens with zero attached hydrogens (tertiary/aromatic N) is 1. The summed E-state index contributed by atoms with van der Waals surface area (Å²) >= 11 is 0. The summed E-state index contributed by atoms with van der Waals surface area (Å²) in [5, 5.41) is 9.48. The van der Waals surface area contributed by atoms with Gasteiger partial charge in [0.2, 0.25) is 0 Å². The number of para-hydroxylation sites is 1. The van der Waals surface area contributed by atoms with Crippen LogP contribution in [0.25, 0.3) is 10.9 Å². The van der Waals surface area contributed by atoms with Crippen molar-refractivity contribution in [1.82, 2.24) is 4.34 Å². The molecule has 0 aliphatic rings. The van der Waals surface area contributed by atoms with E-state index in [1.165, 1.54) is 6.20 Å². The van der Waals surface area contributed by atoms with E-state index in [-0.39, 0.29) is 6.42 Å². The highest BCUT2D eigenvalue weighted by Gasteiger charge is 2.19. The second kappa shape index (κ2) is 4.86. The van der Waals surface area contributed by atoms with Crippen LogP contribution in [0.1, 0.15) is 5.56 Å². The van der Waals surface area contributed by atoms with Crippen molar-refractivity contribution in [1.29, 1.82) is 0 Å². The Bertz CT molecular complexity index is 623. The topological polar surface area (TPSA) is 108 Å². The third kappa shape index (κ3) is 2.26. The Kier molecular flexibility index (Phi) is 3.43. The van der Waals surface area contributed by atoms with Gasteiger partial charge in [0.15, 0.2) is 0 Å². The summed E-state index contributed by atoms with van der Waals surface area (Å²) in [4.78, 5) is 21.8. The molecule has 7 heteroatoms. The molecule has 94 valence electrons. The monoisotopic (exact) mass is 266 g/mol. The van der Waals surface area contributed by atoms with Crippen molar-refractivity contribution in [2.24, 2.45) is 5.73 Å². The maximum atomic E-state index is 11.1. The zero-order valence-electron chi connectivity index (χ0n) is 9.31. The standard InChI is InChI=1S/C11H11N2O4P/c12-9(11(14)15)5-7-6-13(18(16)17)10-4-2-1-3-8(7)10/h1-4,6,9H,5,12H2,(H,14,15)/t9-/m0/s1. The molecule has 0 aliphatic heterocycles.